The van der Waals surface area contributed by atoms with Gasteiger partial charge in [-0.2, -0.15) is 0 Å². The Morgan fingerprint density at radius 2 is 2.00 bits per heavy atom. The van der Waals surface area contributed by atoms with E-state index in [0.29, 0.717) is 6.61 Å². The van der Waals surface area contributed by atoms with E-state index in [1.165, 1.54) is 4.90 Å². The molecule has 0 fully saturated rings. The highest BCUT2D eigenvalue weighted by Crippen LogP contribution is 2.21. The molecule has 0 aromatic heterocycles. The Hall–Kier alpha value is -1.00. The third-order valence-corrected chi connectivity index (χ3v) is 4.22. The highest BCUT2D eigenvalue weighted by molar-refractivity contribution is 7.99. The smallest absolute Gasteiger partial charge is 0.326 e. The van der Waals surface area contributed by atoms with Crippen molar-refractivity contribution in [3.8, 4) is 0 Å². The van der Waals surface area contributed by atoms with Crippen LogP contribution in [0, 0.1) is 0 Å². The lowest BCUT2D eigenvalue weighted by molar-refractivity contribution is -0.150. The molecule has 0 aliphatic carbocycles. The molecule has 0 saturated heterocycles. The van der Waals surface area contributed by atoms with Gasteiger partial charge in [0.15, 0.2) is 0 Å². The Kier molecular flexibility index (Phi) is 7.70. The second-order valence-corrected chi connectivity index (χ2v) is 6.02. The Morgan fingerprint density at radius 1 is 1.30 bits per heavy atom. The van der Waals surface area contributed by atoms with Crippen LogP contribution in [-0.4, -0.2) is 30.4 Å². The largest absolute Gasteiger partial charge is 0.465 e. The lowest BCUT2D eigenvalue weighted by atomic mass is 9.96. The molecule has 112 valence electrons. The molecule has 4 heteroatoms. The van der Waals surface area contributed by atoms with Crippen LogP contribution in [0.15, 0.2) is 35.2 Å². The van der Waals surface area contributed by atoms with Gasteiger partial charge in [0.2, 0.25) is 0 Å². The van der Waals surface area contributed by atoms with Gasteiger partial charge in [-0.25, -0.2) is 0 Å². The number of nitrogens with one attached hydrogen (secondary N) is 1. The molecule has 0 amide bonds. The van der Waals surface area contributed by atoms with Gasteiger partial charge < -0.3 is 10.1 Å². The maximum Gasteiger partial charge on any atom is 0.326 e. The number of carbonyl (C=O) groups is 1. The number of rotatable bonds is 9. The van der Waals surface area contributed by atoms with Crippen LogP contribution in [0.2, 0.25) is 0 Å². The molecule has 1 aromatic rings. The summed E-state index contributed by atoms with van der Waals surface area (Å²) in [4.78, 5) is 13.3. The molecule has 0 bridgehead atoms. The predicted molar refractivity (Wildman–Crippen MR) is 85.1 cm³/mol. The summed E-state index contributed by atoms with van der Waals surface area (Å²) in [7, 11) is 0. The number of benzene rings is 1. The standard InChI is InChI=1S/C16H25NO2S/c1-4-17-16(3,15(18)19-5-2)12-9-13-20-14-10-7-6-8-11-14/h6-8,10-11,17H,4-5,9,12-13H2,1-3H3. The van der Waals surface area contributed by atoms with Crippen LogP contribution in [0.1, 0.15) is 33.6 Å². The van der Waals surface area contributed by atoms with Crippen LogP contribution in [0.25, 0.3) is 0 Å². The number of carbonyl (C=O) groups excluding carboxylic acids is 1. The van der Waals surface area contributed by atoms with Gasteiger partial charge in [0, 0.05) is 4.90 Å². The average Bonchev–Trinajstić information content (AvgIpc) is 2.45. The van der Waals surface area contributed by atoms with E-state index in [0.717, 1.165) is 25.1 Å². The molecular formula is C16H25NO2S. The summed E-state index contributed by atoms with van der Waals surface area (Å²) >= 11 is 1.82. The zero-order valence-corrected chi connectivity index (χ0v) is 13.5. The molecule has 1 atom stereocenters. The van der Waals surface area contributed by atoms with Crippen molar-refractivity contribution in [1.29, 1.82) is 0 Å². The topological polar surface area (TPSA) is 38.3 Å². The zero-order valence-electron chi connectivity index (χ0n) is 12.6. The summed E-state index contributed by atoms with van der Waals surface area (Å²) in [6.07, 6.45) is 1.77. The Morgan fingerprint density at radius 3 is 2.60 bits per heavy atom. The average molecular weight is 295 g/mol. The van der Waals surface area contributed by atoms with Crippen LogP contribution < -0.4 is 5.32 Å². The molecule has 0 aliphatic heterocycles. The van der Waals surface area contributed by atoms with Crippen LogP contribution >= 0.6 is 11.8 Å². The van der Waals surface area contributed by atoms with E-state index in [2.05, 4.69) is 17.4 Å². The first-order chi connectivity index (χ1) is 9.62. The number of likely N-dealkylation sites (N-methyl/N-ethyl adjacent to an activating group) is 1. The first kappa shape index (κ1) is 17.1. The van der Waals surface area contributed by atoms with Crippen LogP contribution in [0.5, 0.6) is 0 Å². The van der Waals surface area contributed by atoms with E-state index in [4.69, 9.17) is 4.74 Å². The summed E-state index contributed by atoms with van der Waals surface area (Å²) in [6, 6.07) is 10.3. The molecule has 3 nitrogen and oxygen atoms in total. The maximum atomic E-state index is 12.0. The minimum absolute atomic E-state index is 0.147. The summed E-state index contributed by atoms with van der Waals surface area (Å²) in [5.41, 5.74) is -0.567. The minimum atomic E-state index is -0.567. The number of ether oxygens (including phenoxy) is 1. The van der Waals surface area contributed by atoms with Gasteiger partial charge in [-0.3, -0.25) is 4.79 Å². The predicted octanol–water partition coefficient (Wildman–Crippen LogP) is 3.49. The number of hydrogen-bond donors (Lipinski definition) is 1. The molecule has 20 heavy (non-hydrogen) atoms. The molecule has 0 aliphatic rings. The third-order valence-electron chi connectivity index (χ3n) is 3.13. The molecule has 0 spiro atoms. The van der Waals surface area contributed by atoms with Crippen molar-refractivity contribution >= 4 is 17.7 Å². The van der Waals surface area contributed by atoms with Crippen molar-refractivity contribution < 1.29 is 9.53 Å². The van der Waals surface area contributed by atoms with E-state index in [-0.39, 0.29) is 5.97 Å². The van der Waals surface area contributed by atoms with E-state index >= 15 is 0 Å². The highest BCUT2D eigenvalue weighted by Gasteiger charge is 2.32. The van der Waals surface area contributed by atoms with Gasteiger partial charge in [0.05, 0.1) is 6.61 Å². The lowest BCUT2D eigenvalue weighted by Crippen LogP contribution is -2.50. The molecule has 0 heterocycles. The molecule has 1 aromatic carbocycles. The highest BCUT2D eigenvalue weighted by atomic mass is 32.2. The van der Waals surface area contributed by atoms with Gasteiger partial charge >= 0.3 is 5.97 Å². The van der Waals surface area contributed by atoms with E-state index in [1.54, 1.807) is 0 Å². The first-order valence-corrected chi connectivity index (χ1v) is 8.21. The normalized spacial score (nSPS) is 13.8. The van der Waals surface area contributed by atoms with E-state index in [1.807, 2.05) is 50.7 Å². The van der Waals surface area contributed by atoms with Crippen LogP contribution in [0.4, 0.5) is 0 Å². The maximum absolute atomic E-state index is 12.0. The van der Waals surface area contributed by atoms with Gasteiger partial charge in [-0.05, 0) is 51.1 Å². The van der Waals surface area contributed by atoms with Crippen molar-refractivity contribution in [3.05, 3.63) is 30.3 Å². The number of hydrogen-bond acceptors (Lipinski definition) is 4. The van der Waals surface area contributed by atoms with E-state index in [9.17, 15) is 4.79 Å². The van der Waals surface area contributed by atoms with Crippen molar-refractivity contribution in [2.45, 2.75) is 44.0 Å². The Bertz CT molecular complexity index is 397. The van der Waals surface area contributed by atoms with Crippen molar-refractivity contribution in [3.63, 3.8) is 0 Å². The van der Waals surface area contributed by atoms with Crippen LogP contribution in [-0.2, 0) is 9.53 Å². The van der Waals surface area contributed by atoms with Gasteiger partial charge in [0.1, 0.15) is 5.54 Å². The summed E-state index contributed by atoms with van der Waals surface area (Å²) in [5.74, 6) is 0.858. The fourth-order valence-corrected chi connectivity index (χ4v) is 2.95. The molecule has 1 N–H and O–H groups in total. The molecule has 1 rings (SSSR count). The quantitative estimate of drug-likeness (QED) is 0.430. The van der Waals surface area contributed by atoms with Gasteiger partial charge in [-0.1, -0.05) is 25.1 Å². The number of thioether (sulfide) groups is 1. The molecular weight excluding hydrogens is 270 g/mol. The van der Waals surface area contributed by atoms with Gasteiger partial charge in [-0.15, -0.1) is 11.8 Å². The Labute approximate surface area is 126 Å². The van der Waals surface area contributed by atoms with Crippen molar-refractivity contribution in [2.24, 2.45) is 0 Å². The number of esters is 1. The fraction of sp³-hybridized carbons (Fsp3) is 0.562. The SMILES string of the molecule is CCNC(C)(CCCSc1ccccc1)C(=O)OCC. The molecule has 1 unspecified atom stereocenters. The molecule has 0 radical (unpaired) electrons. The first-order valence-electron chi connectivity index (χ1n) is 7.22. The molecule has 0 saturated carbocycles. The second kappa shape index (κ2) is 9.03. The fourth-order valence-electron chi connectivity index (χ4n) is 2.08. The van der Waals surface area contributed by atoms with Gasteiger partial charge in [0.25, 0.3) is 0 Å². The lowest BCUT2D eigenvalue weighted by Gasteiger charge is -2.28. The second-order valence-electron chi connectivity index (χ2n) is 4.85. The summed E-state index contributed by atoms with van der Waals surface area (Å²) in [6.45, 7) is 6.98. The summed E-state index contributed by atoms with van der Waals surface area (Å²) < 4.78 is 5.17. The monoisotopic (exact) mass is 295 g/mol. The van der Waals surface area contributed by atoms with Crippen LogP contribution in [0.3, 0.4) is 0 Å². The van der Waals surface area contributed by atoms with E-state index < -0.39 is 5.54 Å². The zero-order chi connectivity index (χ0) is 14.8. The summed E-state index contributed by atoms with van der Waals surface area (Å²) in [5, 5.41) is 3.26. The Balaban J connectivity index is 2.41. The van der Waals surface area contributed by atoms with Crippen molar-refractivity contribution in [1.82, 2.24) is 5.32 Å². The minimum Gasteiger partial charge on any atom is -0.465 e. The van der Waals surface area contributed by atoms with Crippen molar-refractivity contribution in [2.75, 3.05) is 18.9 Å². The third kappa shape index (κ3) is 5.55.